The van der Waals surface area contributed by atoms with Crippen molar-refractivity contribution < 1.29 is 17.6 Å². The summed E-state index contributed by atoms with van der Waals surface area (Å²) in [5.74, 6) is -0.375. The van der Waals surface area contributed by atoms with Crippen molar-refractivity contribution in [2.45, 2.75) is 31.8 Å². The molecule has 0 radical (unpaired) electrons. The van der Waals surface area contributed by atoms with Gasteiger partial charge in [-0.3, -0.25) is 4.79 Å². The minimum Gasteiger partial charge on any atom is -0.455 e. The highest BCUT2D eigenvalue weighted by molar-refractivity contribution is 7.89. The van der Waals surface area contributed by atoms with E-state index in [1.807, 2.05) is 0 Å². The van der Waals surface area contributed by atoms with Crippen molar-refractivity contribution in [1.29, 1.82) is 0 Å². The summed E-state index contributed by atoms with van der Waals surface area (Å²) in [6.07, 6.45) is 0.842. The topological polar surface area (TPSA) is 79.6 Å². The molecule has 0 bridgehead atoms. The lowest BCUT2D eigenvalue weighted by Gasteiger charge is -2.17. The number of carbonyl (C=O) groups excluding carboxylic acids is 1. The van der Waals surface area contributed by atoms with Gasteiger partial charge in [0.1, 0.15) is 11.5 Å². The van der Waals surface area contributed by atoms with Gasteiger partial charge >= 0.3 is 0 Å². The van der Waals surface area contributed by atoms with E-state index in [1.54, 1.807) is 24.3 Å². The molecule has 0 unspecified atom stereocenters. The Morgan fingerprint density at radius 3 is 2.57 bits per heavy atom. The lowest BCUT2D eigenvalue weighted by atomic mass is 10.2. The molecule has 0 atom stereocenters. The van der Waals surface area contributed by atoms with Crippen LogP contribution in [-0.4, -0.2) is 45.4 Å². The number of halogens is 1. The first kappa shape index (κ1) is 22.5. The predicted octanol–water partition coefficient (Wildman–Crippen LogP) is 3.51. The number of sulfone groups is 1. The molecule has 1 aromatic heterocycles. The van der Waals surface area contributed by atoms with Gasteiger partial charge in [0.15, 0.2) is 15.6 Å². The average molecular weight is 427 g/mol. The Balaban J connectivity index is 1.86. The third-order valence-electron chi connectivity index (χ3n) is 4.35. The van der Waals surface area contributed by atoms with Crippen LogP contribution in [0.15, 0.2) is 40.8 Å². The van der Waals surface area contributed by atoms with E-state index in [2.05, 4.69) is 24.1 Å². The van der Waals surface area contributed by atoms with Crippen molar-refractivity contribution in [1.82, 2.24) is 10.2 Å². The summed E-state index contributed by atoms with van der Waals surface area (Å²) in [5.41, 5.74) is 0.616. The molecule has 0 aliphatic rings. The molecule has 154 valence electrons. The molecule has 2 rings (SSSR count). The van der Waals surface area contributed by atoms with Crippen molar-refractivity contribution in [2.24, 2.45) is 0 Å². The minimum atomic E-state index is -3.44. The summed E-state index contributed by atoms with van der Waals surface area (Å²) in [6.45, 7) is 7.63. The molecule has 0 fully saturated rings. The Bertz CT molecular complexity index is 876. The molecule has 1 N–H and O–H groups in total. The third kappa shape index (κ3) is 7.30. The number of carbonyl (C=O) groups is 1. The van der Waals surface area contributed by atoms with E-state index < -0.39 is 9.84 Å². The lowest BCUT2D eigenvalue weighted by molar-refractivity contribution is 0.0922. The molecule has 28 heavy (non-hydrogen) atoms. The van der Waals surface area contributed by atoms with Crippen LogP contribution in [0, 0.1) is 0 Å². The third-order valence-corrected chi connectivity index (χ3v) is 6.09. The summed E-state index contributed by atoms with van der Waals surface area (Å²) in [5, 5.41) is 3.29. The number of amides is 1. The Kier molecular flexibility index (Phi) is 8.54. The van der Waals surface area contributed by atoms with Crippen molar-refractivity contribution >= 4 is 27.3 Å². The number of rotatable bonds is 11. The van der Waals surface area contributed by atoms with Crippen LogP contribution in [0.1, 0.15) is 42.1 Å². The van der Waals surface area contributed by atoms with Crippen LogP contribution in [0.5, 0.6) is 0 Å². The zero-order valence-electron chi connectivity index (χ0n) is 16.3. The summed E-state index contributed by atoms with van der Waals surface area (Å²) < 4.78 is 30.2. The molecule has 0 spiro atoms. The van der Waals surface area contributed by atoms with Crippen LogP contribution in [0.4, 0.5) is 0 Å². The maximum atomic E-state index is 12.4. The van der Waals surface area contributed by atoms with Crippen molar-refractivity contribution in [2.75, 3.05) is 26.2 Å². The molecular formula is C20H27ClN2O4S. The second kappa shape index (κ2) is 10.6. The number of nitrogens with zero attached hydrogens (tertiary/aromatic N) is 1. The first-order chi connectivity index (χ1) is 13.3. The molecule has 0 aliphatic heterocycles. The molecule has 1 aromatic carbocycles. The van der Waals surface area contributed by atoms with Crippen molar-refractivity contribution in [3.05, 3.63) is 58.5 Å². The molecule has 6 nitrogen and oxygen atoms in total. The second-order valence-electron chi connectivity index (χ2n) is 6.56. The smallest absolute Gasteiger partial charge is 0.286 e. The number of furan rings is 1. The van der Waals surface area contributed by atoms with E-state index >= 15 is 0 Å². The molecule has 0 saturated heterocycles. The SMILES string of the molecule is CCN(CC)CCCNC(=O)c1ccc(CS(=O)(=O)Cc2cccc(Cl)c2)o1. The van der Waals surface area contributed by atoms with Gasteiger partial charge in [-0.15, -0.1) is 0 Å². The van der Waals surface area contributed by atoms with E-state index in [0.717, 1.165) is 26.1 Å². The van der Waals surface area contributed by atoms with Gasteiger partial charge < -0.3 is 14.6 Å². The minimum absolute atomic E-state index is 0.121. The maximum absolute atomic E-state index is 12.4. The van der Waals surface area contributed by atoms with Gasteiger partial charge in [0.05, 0.1) is 5.75 Å². The fourth-order valence-corrected chi connectivity index (χ4v) is 4.45. The van der Waals surface area contributed by atoms with Gasteiger partial charge in [-0.05, 0) is 55.9 Å². The highest BCUT2D eigenvalue weighted by Gasteiger charge is 2.18. The Hall–Kier alpha value is -1.83. The van der Waals surface area contributed by atoms with Crippen molar-refractivity contribution in [3.63, 3.8) is 0 Å². The van der Waals surface area contributed by atoms with Crippen LogP contribution >= 0.6 is 11.6 Å². The summed E-state index contributed by atoms with van der Waals surface area (Å²) in [6, 6.07) is 9.77. The van der Waals surface area contributed by atoms with Gasteiger partial charge in [-0.1, -0.05) is 37.6 Å². The molecule has 8 heteroatoms. The summed E-state index contributed by atoms with van der Waals surface area (Å²) >= 11 is 5.90. The van der Waals surface area contributed by atoms with E-state index in [0.29, 0.717) is 17.1 Å². The predicted molar refractivity (Wildman–Crippen MR) is 111 cm³/mol. The fraction of sp³-hybridized carbons (Fsp3) is 0.450. The fourth-order valence-electron chi connectivity index (χ4n) is 2.86. The van der Waals surface area contributed by atoms with Crippen LogP contribution in [0.25, 0.3) is 0 Å². The van der Waals surface area contributed by atoms with Crippen molar-refractivity contribution in [3.8, 4) is 0 Å². The highest BCUT2D eigenvalue weighted by atomic mass is 35.5. The van der Waals surface area contributed by atoms with Gasteiger partial charge in [0.2, 0.25) is 0 Å². The number of hydrogen-bond donors (Lipinski definition) is 1. The second-order valence-corrected chi connectivity index (χ2v) is 9.07. The van der Waals surface area contributed by atoms with Gasteiger partial charge in [-0.2, -0.15) is 0 Å². The molecular weight excluding hydrogens is 400 g/mol. The molecule has 1 amide bonds. The Morgan fingerprint density at radius 2 is 1.89 bits per heavy atom. The van der Waals surface area contributed by atoms with Crippen LogP contribution in [0.3, 0.4) is 0 Å². The molecule has 0 aliphatic carbocycles. The van der Waals surface area contributed by atoms with E-state index in [4.69, 9.17) is 16.0 Å². The normalized spacial score (nSPS) is 11.7. The molecule has 0 saturated carbocycles. The first-order valence-electron chi connectivity index (χ1n) is 9.37. The number of benzene rings is 1. The largest absolute Gasteiger partial charge is 0.455 e. The standard InChI is InChI=1S/C20H27ClN2O4S/c1-3-23(4-2)12-6-11-22-20(24)19-10-9-18(27-19)15-28(25,26)14-16-7-5-8-17(21)13-16/h5,7-10,13H,3-4,6,11-12,14-15H2,1-2H3,(H,22,24). The highest BCUT2D eigenvalue weighted by Crippen LogP contribution is 2.17. The lowest BCUT2D eigenvalue weighted by Crippen LogP contribution is -2.29. The van der Waals surface area contributed by atoms with E-state index in [1.165, 1.54) is 12.1 Å². The van der Waals surface area contributed by atoms with Crippen LogP contribution in [0.2, 0.25) is 5.02 Å². The zero-order chi connectivity index (χ0) is 20.6. The first-order valence-corrected chi connectivity index (χ1v) is 11.6. The van der Waals surface area contributed by atoms with Crippen LogP contribution < -0.4 is 5.32 Å². The number of nitrogens with one attached hydrogen (secondary N) is 1. The maximum Gasteiger partial charge on any atom is 0.286 e. The van der Waals surface area contributed by atoms with Gasteiger partial charge in [0.25, 0.3) is 5.91 Å². The Labute approximate surface area is 171 Å². The Morgan fingerprint density at radius 1 is 1.14 bits per heavy atom. The molecule has 2 aromatic rings. The van der Waals surface area contributed by atoms with E-state index in [-0.39, 0.29) is 28.9 Å². The zero-order valence-corrected chi connectivity index (χ0v) is 17.9. The van der Waals surface area contributed by atoms with Gasteiger partial charge in [0, 0.05) is 11.6 Å². The monoisotopic (exact) mass is 426 g/mol. The summed E-state index contributed by atoms with van der Waals surface area (Å²) in [4.78, 5) is 14.4. The molecule has 1 heterocycles. The summed E-state index contributed by atoms with van der Waals surface area (Å²) in [7, 11) is -3.44. The van der Waals surface area contributed by atoms with E-state index in [9.17, 15) is 13.2 Å². The quantitative estimate of drug-likeness (QED) is 0.556. The number of hydrogen-bond acceptors (Lipinski definition) is 5. The van der Waals surface area contributed by atoms with Crippen LogP contribution in [-0.2, 0) is 21.3 Å². The average Bonchev–Trinajstić information content (AvgIpc) is 3.09. The van der Waals surface area contributed by atoms with Gasteiger partial charge in [-0.25, -0.2) is 8.42 Å².